The average molecular weight is 254 g/mol. The SMILES string of the molecule is Cn1c(=O)[nH]c2ccc(S(C)(=O)=O)cc2c1=O. The van der Waals surface area contributed by atoms with Gasteiger partial charge in [0.05, 0.1) is 15.8 Å². The molecule has 17 heavy (non-hydrogen) atoms. The van der Waals surface area contributed by atoms with E-state index in [-0.39, 0.29) is 10.3 Å². The molecular weight excluding hydrogens is 244 g/mol. The lowest BCUT2D eigenvalue weighted by atomic mass is 10.2. The number of H-pyrrole nitrogens is 1. The maximum atomic E-state index is 11.8. The molecule has 1 aromatic carbocycles. The predicted octanol–water partition coefficient (Wildman–Crippen LogP) is -0.370. The Morgan fingerprint density at radius 2 is 1.88 bits per heavy atom. The van der Waals surface area contributed by atoms with Crippen LogP contribution in [0.15, 0.2) is 32.7 Å². The van der Waals surface area contributed by atoms with Gasteiger partial charge in [0.1, 0.15) is 0 Å². The Kier molecular flexibility index (Phi) is 2.43. The van der Waals surface area contributed by atoms with Gasteiger partial charge in [-0.2, -0.15) is 0 Å². The number of rotatable bonds is 1. The molecule has 0 fully saturated rings. The summed E-state index contributed by atoms with van der Waals surface area (Å²) in [6.45, 7) is 0. The Balaban J connectivity index is 2.98. The van der Waals surface area contributed by atoms with Crippen molar-refractivity contribution < 1.29 is 8.42 Å². The zero-order valence-electron chi connectivity index (χ0n) is 9.22. The first-order valence-corrected chi connectivity index (χ1v) is 6.63. The first-order chi connectivity index (χ1) is 7.80. The lowest BCUT2D eigenvalue weighted by molar-refractivity contribution is 0.602. The Bertz CT molecular complexity index is 814. The van der Waals surface area contributed by atoms with Crippen molar-refractivity contribution in [2.24, 2.45) is 7.05 Å². The van der Waals surface area contributed by atoms with E-state index in [9.17, 15) is 18.0 Å². The fraction of sp³-hybridized carbons (Fsp3) is 0.200. The molecule has 2 aromatic rings. The molecule has 0 amide bonds. The van der Waals surface area contributed by atoms with Gasteiger partial charge in [-0.3, -0.25) is 9.36 Å². The van der Waals surface area contributed by atoms with E-state index in [1.165, 1.54) is 25.2 Å². The second kappa shape index (κ2) is 3.56. The summed E-state index contributed by atoms with van der Waals surface area (Å²) >= 11 is 0. The number of aromatic nitrogens is 2. The minimum Gasteiger partial charge on any atom is -0.307 e. The minimum atomic E-state index is -3.37. The molecule has 0 aliphatic carbocycles. The molecule has 0 saturated carbocycles. The van der Waals surface area contributed by atoms with E-state index < -0.39 is 21.1 Å². The average Bonchev–Trinajstić information content (AvgIpc) is 2.24. The molecule has 0 aliphatic rings. The van der Waals surface area contributed by atoms with Crippen molar-refractivity contribution in [1.82, 2.24) is 9.55 Å². The van der Waals surface area contributed by atoms with Gasteiger partial charge in [0, 0.05) is 13.3 Å². The van der Waals surface area contributed by atoms with Gasteiger partial charge in [-0.1, -0.05) is 0 Å². The van der Waals surface area contributed by atoms with E-state index >= 15 is 0 Å². The summed E-state index contributed by atoms with van der Waals surface area (Å²) in [5, 5.41) is 0.176. The van der Waals surface area contributed by atoms with Crippen molar-refractivity contribution in [2.75, 3.05) is 6.26 Å². The summed E-state index contributed by atoms with van der Waals surface area (Å²) in [7, 11) is -2.05. The highest BCUT2D eigenvalue weighted by Crippen LogP contribution is 2.13. The molecular formula is C10H10N2O4S. The summed E-state index contributed by atoms with van der Waals surface area (Å²) in [5.74, 6) is 0. The van der Waals surface area contributed by atoms with Gasteiger partial charge >= 0.3 is 5.69 Å². The minimum absolute atomic E-state index is 0.0501. The zero-order valence-corrected chi connectivity index (χ0v) is 10.0. The van der Waals surface area contributed by atoms with E-state index in [2.05, 4.69) is 4.98 Å². The second-order valence-electron chi connectivity index (χ2n) is 3.77. The zero-order chi connectivity index (χ0) is 12.8. The number of nitrogens with one attached hydrogen (secondary N) is 1. The predicted molar refractivity (Wildman–Crippen MR) is 62.9 cm³/mol. The van der Waals surface area contributed by atoms with Gasteiger partial charge in [-0.25, -0.2) is 13.2 Å². The van der Waals surface area contributed by atoms with Crippen LogP contribution in [0.25, 0.3) is 10.9 Å². The molecule has 7 heteroatoms. The summed E-state index contributed by atoms with van der Waals surface area (Å²) in [4.78, 5) is 25.6. The highest BCUT2D eigenvalue weighted by Gasteiger charge is 2.10. The Morgan fingerprint density at radius 1 is 1.24 bits per heavy atom. The van der Waals surface area contributed by atoms with Crippen LogP contribution in [0, 0.1) is 0 Å². The molecule has 6 nitrogen and oxygen atoms in total. The lowest BCUT2D eigenvalue weighted by Gasteiger charge is -2.03. The molecule has 1 aromatic heterocycles. The van der Waals surface area contributed by atoms with Gasteiger partial charge in [0.15, 0.2) is 9.84 Å². The number of benzene rings is 1. The monoisotopic (exact) mass is 254 g/mol. The number of nitrogens with zero attached hydrogens (tertiary/aromatic N) is 1. The maximum Gasteiger partial charge on any atom is 0.328 e. The van der Waals surface area contributed by atoms with Crippen molar-refractivity contribution >= 4 is 20.7 Å². The Labute approximate surface area is 96.4 Å². The Hall–Kier alpha value is -1.89. The summed E-state index contributed by atoms with van der Waals surface area (Å²) in [6.07, 6.45) is 1.06. The molecule has 0 atom stereocenters. The van der Waals surface area contributed by atoms with Gasteiger partial charge in [-0.15, -0.1) is 0 Å². The lowest BCUT2D eigenvalue weighted by Crippen LogP contribution is -2.32. The molecule has 0 aliphatic heterocycles. The highest BCUT2D eigenvalue weighted by atomic mass is 32.2. The third-order valence-corrected chi connectivity index (χ3v) is 3.61. The van der Waals surface area contributed by atoms with Crippen LogP contribution in [0.1, 0.15) is 0 Å². The highest BCUT2D eigenvalue weighted by molar-refractivity contribution is 7.90. The van der Waals surface area contributed by atoms with Crippen LogP contribution >= 0.6 is 0 Å². The smallest absolute Gasteiger partial charge is 0.307 e. The van der Waals surface area contributed by atoms with Crippen LogP contribution in [0.4, 0.5) is 0 Å². The van der Waals surface area contributed by atoms with Crippen LogP contribution in [-0.2, 0) is 16.9 Å². The first-order valence-electron chi connectivity index (χ1n) is 4.74. The molecule has 1 N–H and O–H groups in total. The number of sulfone groups is 1. The largest absolute Gasteiger partial charge is 0.328 e. The van der Waals surface area contributed by atoms with Crippen molar-refractivity contribution in [3.63, 3.8) is 0 Å². The van der Waals surface area contributed by atoms with Crippen LogP contribution in [0.3, 0.4) is 0 Å². The van der Waals surface area contributed by atoms with Crippen molar-refractivity contribution in [3.05, 3.63) is 39.0 Å². The summed E-state index contributed by atoms with van der Waals surface area (Å²) in [6, 6.07) is 4.03. The second-order valence-corrected chi connectivity index (χ2v) is 5.79. The van der Waals surface area contributed by atoms with Gasteiger partial charge in [0.25, 0.3) is 5.56 Å². The molecule has 0 radical (unpaired) electrons. The first kappa shape index (κ1) is 11.6. The van der Waals surface area contributed by atoms with Crippen molar-refractivity contribution in [1.29, 1.82) is 0 Å². The standard InChI is InChI=1S/C10H10N2O4S/c1-12-9(13)7-5-6(17(2,15)16)3-4-8(7)11-10(12)14/h3-5H,1-2H3,(H,11,14). The van der Waals surface area contributed by atoms with Gasteiger partial charge in [-0.05, 0) is 18.2 Å². The third kappa shape index (κ3) is 1.89. The summed E-state index contributed by atoms with van der Waals surface area (Å²) < 4.78 is 23.6. The number of hydrogen-bond donors (Lipinski definition) is 1. The molecule has 0 bridgehead atoms. The van der Waals surface area contributed by atoms with Crippen LogP contribution in [0.2, 0.25) is 0 Å². The van der Waals surface area contributed by atoms with E-state index in [1.807, 2.05) is 0 Å². The van der Waals surface area contributed by atoms with Crippen LogP contribution in [0.5, 0.6) is 0 Å². The normalized spacial score (nSPS) is 11.9. The molecule has 0 spiro atoms. The van der Waals surface area contributed by atoms with Crippen molar-refractivity contribution in [2.45, 2.75) is 4.90 Å². The van der Waals surface area contributed by atoms with Crippen LogP contribution in [-0.4, -0.2) is 24.2 Å². The van der Waals surface area contributed by atoms with E-state index in [1.54, 1.807) is 0 Å². The maximum absolute atomic E-state index is 11.8. The molecule has 0 saturated heterocycles. The number of fused-ring (bicyclic) bond motifs is 1. The fourth-order valence-electron chi connectivity index (χ4n) is 1.51. The van der Waals surface area contributed by atoms with Gasteiger partial charge < -0.3 is 4.98 Å². The molecule has 90 valence electrons. The topological polar surface area (TPSA) is 89.0 Å². The summed E-state index contributed by atoms with van der Waals surface area (Å²) in [5.41, 5.74) is -0.727. The van der Waals surface area contributed by atoms with Crippen molar-refractivity contribution in [3.8, 4) is 0 Å². The number of aromatic amines is 1. The Morgan fingerprint density at radius 3 is 2.47 bits per heavy atom. The fourth-order valence-corrected chi connectivity index (χ4v) is 2.16. The van der Waals surface area contributed by atoms with E-state index in [4.69, 9.17) is 0 Å². The van der Waals surface area contributed by atoms with E-state index in [0.29, 0.717) is 5.52 Å². The molecule has 0 unspecified atom stereocenters. The molecule has 2 rings (SSSR count). The van der Waals surface area contributed by atoms with Gasteiger partial charge in [0.2, 0.25) is 0 Å². The molecule has 1 heterocycles. The number of hydrogen-bond acceptors (Lipinski definition) is 4. The van der Waals surface area contributed by atoms with E-state index in [0.717, 1.165) is 10.8 Å². The quantitative estimate of drug-likeness (QED) is 0.752. The van der Waals surface area contributed by atoms with Crippen LogP contribution < -0.4 is 11.2 Å². The third-order valence-electron chi connectivity index (χ3n) is 2.50.